The summed E-state index contributed by atoms with van der Waals surface area (Å²) < 4.78 is 5.94. The number of carbonyl (C=O) groups is 1. The lowest BCUT2D eigenvalue weighted by Crippen LogP contribution is -2.51. The number of aryl methyl sites for hydroxylation is 1. The Bertz CT molecular complexity index is 585. The maximum Gasteiger partial charge on any atom is 0.309 e. The fraction of sp³-hybridized carbons (Fsp3) is 0.696. The molecule has 4 heteroatoms. The summed E-state index contributed by atoms with van der Waals surface area (Å²) in [5.74, 6) is -0.158. The lowest BCUT2D eigenvalue weighted by molar-refractivity contribution is -0.153. The second kappa shape index (κ2) is 9.38. The predicted molar refractivity (Wildman–Crippen MR) is 115 cm³/mol. The first-order valence-corrected chi connectivity index (χ1v) is 13.6. The molecule has 0 heterocycles. The standard InChI is InChI=1S/C23H38O3Si/c1-23(2,3)27(4,5)21(22(25)26-19-14-10-7-11-15-19)20(24)17-16-18-12-8-6-9-13-18/h6,8-9,12-13,19-21,24H,7,10-11,14-17H2,1-5H3. The largest absolute Gasteiger partial charge is 0.462 e. The SMILES string of the molecule is CC(C)(C)[Si](C)(C)C(C(=O)OC1CCCCC1)C(O)CCc1ccccc1. The molecule has 1 aliphatic rings. The van der Waals surface area contributed by atoms with E-state index in [1.54, 1.807) is 0 Å². The fourth-order valence-corrected chi connectivity index (χ4v) is 6.66. The van der Waals surface area contributed by atoms with E-state index >= 15 is 0 Å². The number of aliphatic hydroxyl groups is 1. The third kappa shape index (κ3) is 5.92. The van der Waals surface area contributed by atoms with Gasteiger partial charge >= 0.3 is 5.97 Å². The number of hydrogen-bond acceptors (Lipinski definition) is 3. The molecule has 0 radical (unpaired) electrons. The van der Waals surface area contributed by atoms with Crippen LogP contribution in [0.15, 0.2) is 30.3 Å². The minimum Gasteiger partial charge on any atom is -0.462 e. The minimum absolute atomic E-state index is 0.0109. The van der Waals surface area contributed by atoms with Crippen molar-refractivity contribution in [3.05, 3.63) is 35.9 Å². The zero-order valence-electron chi connectivity index (χ0n) is 17.8. The second-order valence-corrected chi connectivity index (χ2v) is 15.3. The van der Waals surface area contributed by atoms with Crippen molar-refractivity contribution in [3.8, 4) is 0 Å². The van der Waals surface area contributed by atoms with Crippen LogP contribution in [0.5, 0.6) is 0 Å². The molecule has 0 aromatic heterocycles. The Hall–Kier alpha value is -1.13. The van der Waals surface area contributed by atoms with Crippen LogP contribution in [0, 0.1) is 0 Å². The fourth-order valence-electron chi connectivity index (χ4n) is 3.95. The van der Waals surface area contributed by atoms with E-state index in [4.69, 9.17) is 4.74 Å². The highest BCUT2D eigenvalue weighted by Crippen LogP contribution is 2.46. The minimum atomic E-state index is -2.11. The third-order valence-corrected chi connectivity index (χ3v) is 12.8. The van der Waals surface area contributed by atoms with E-state index in [2.05, 4.69) is 46.0 Å². The lowest BCUT2D eigenvalue weighted by Gasteiger charge is -2.44. The van der Waals surface area contributed by atoms with Crippen molar-refractivity contribution in [2.75, 3.05) is 0 Å². The number of aliphatic hydroxyl groups excluding tert-OH is 1. The summed E-state index contributed by atoms with van der Waals surface area (Å²) in [6, 6.07) is 10.2. The topological polar surface area (TPSA) is 46.5 Å². The zero-order valence-corrected chi connectivity index (χ0v) is 18.8. The molecule has 1 N–H and O–H groups in total. The summed E-state index contributed by atoms with van der Waals surface area (Å²) in [5.41, 5.74) is 0.814. The van der Waals surface area contributed by atoms with Gasteiger partial charge in [0, 0.05) is 0 Å². The first-order valence-electron chi connectivity index (χ1n) is 10.6. The summed E-state index contributed by atoms with van der Waals surface area (Å²) in [6.45, 7) is 11.1. The zero-order chi connectivity index (χ0) is 20.1. The van der Waals surface area contributed by atoms with Crippen molar-refractivity contribution in [3.63, 3.8) is 0 Å². The van der Waals surface area contributed by atoms with Crippen molar-refractivity contribution in [2.45, 2.75) is 102 Å². The van der Waals surface area contributed by atoms with Crippen LogP contribution in [0.4, 0.5) is 0 Å². The predicted octanol–water partition coefficient (Wildman–Crippen LogP) is 5.73. The summed E-state index contributed by atoms with van der Waals surface area (Å²) in [5, 5.41) is 11.1. The second-order valence-electron chi connectivity index (χ2n) is 9.74. The van der Waals surface area contributed by atoms with E-state index in [0.29, 0.717) is 6.42 Å². The van der Waals surface area contributed by atoms with Crippen LogP contribution >= 0.6 is 0 Å². The summed E-state index contributed by atoms with van der Waals surface area (Å²) in [7, 11) is -2.11. The molecule has 1 aromatic carbocycles. The normalized spacial score (nSPS) is 18.7. The molecule has 0 bridgehead atoms. The Labute approximate surface area is 166 Å². The van der Waals surface area contributed by atoms with Gasteiger partial charge in [-0.3, -0.25) is 4.79 Å². The number of esters is 1. The summed E-state index contributed by atoms with van der Waals surface area (Å²) in [4.78, 5) is 13.2. The van der Waals surface area contributed by atoms with E-state index < -0.39 is 14.2 Å². The molecule has 2 atom stereocenters. The van der Waals surface area contributed by atoms with Gasteiger partial charge in [0.2, 0.25) is 0 Å². The lowest BCUT2D eigenvalue weighted by atomic mass is 9.98. The van der Waals surface area contributed by atoms with Crippen LogP contribution < -0.4 is 0 Å². The molecule has 1 aromatic rings. The Balaban J connectivity index is 2.13. The van der Waals surface area contributed by atoms with E-state index in [-0.39, 0.29) is 22.7 Å². The Morgan fingerprint density at radius 2 is 1.74 bits per heavy atom. The van der Waals surface area contributed by atoms with Gasteiger partial charge in [0.25, 0.3) is 0 Å². The van der Waals surface area contributed by atoms with Crippen molar-refractivity contribution in [2.24, 2.45) is 0 Å². The molecule has 152 valence electrons. The van der Waals surface area contributed by atoms with Crippen LogP contribution in [0.25, 0.3) is 0 Å². The van der Waals surface area contributed by atoms with Crippen molar-refractivity contribution < 1.29 is 14.6 Å². The Morgan fingerprint density at radius 1 is 1.15 bits per heavy atom. The van der Waals surface area contributed by atoms with Gasteiger partial charge in [0.1, 0.15) is 6.10 Å². The van der Waals surface area contributed by atoms with Crippen LogP contribution in [0.2, 0.25) is 23.7 Å². The van der Waals surface area contributed by atoms with Gasteiger partial charge in [-0.2, -0.15) is 0 Å². The van der Waals surface area contributed by atoms with E-state index in [0.717, 1.165) is 32.1 Å². The van der Waals surface area contributed by atoms with E-state index in [9.17, 15) is 9.90 Å². The molecule has 0 spiro atoms. The molecule has 1 saturated carbocycles. The highest BCUT2D eigenvalue weighted by Gasteiger charge is 2.50. The van der Waals surface area contributed by atoms with Crippen molar-refractivity contribution in [1.82, 2.24) is 0 Å². The van der Waals surface area contributed by atoms with Crippen molar-refractivity contribution >= 4 is 14.0 Å². The molecule has 1 aliphatic carbocycles. The maximum absolute atomic E-state index is 13.2. The number of ether oxygens (including phenoxy) is 1. The molecule has 2 unspecified atom stereocenters. The quantitative estimate of drug-likeness (QED) is 0.477. The summed E-state index contributed by atoms with van der Waals surface area (Å²) in [6.07, 6.45) is 6.22. The van der Waals surface area contributed by atoms with E-state index in [1.165, 1.54) is 12.0 Å². The molecule has 2 rings (SSSR count). The molecule has 3 nitrogen and oxygen atoms in total. The van der Waals surface area contributed by atoms with E-state index in [1.807, 2.05) is 18.2 Å². The molecule has 1 fully saturated rings. The van der Waals surface area contributed by atoms with Gasteiger partial charge in [-0.1, -0.05) is 70.6 Å². The van der Waals surface area contributed by atoms with Crippen molar-refractivity contribution in [1.29, 1.82) is 0 Å². The first-order chi connectivity index (χ1) is 12.6. The van der Waals surface area contributed by atoms with Crippen LogP contribution in [-0.2, 0) is 16.0 Å². The van der Waals surface area contributed by atoms with Crippen LogP contribution in [-0.4, -0.2) is 31.4 Å². The smallest absolute Gasteiger partial charge is 0.309 e. The molecular formula is C23H38O3Si. The van der Waals surface area contributed by atoms with Gasteiger partial charge in [-0.25, -0.2) is 0 Å². The highest BCUT2D eigenvalue weighted by molar-refractivity contribution is 6.84. The van der Waals surface area contributed by atoms with Crippen LogP contribution in [0.3, 0.4) is 0 Å². The van der Waals surface area contributed by atoms with Gasteiger partial charge in [-0.15, -0.1) is 0 Å². The monoisotopic (exact) mass is 390 g/mol. The average Bonchev–Trinajstić information content (AvgIpc) is 2.60. The molecule has 0 amide bonds. The van der Waals surface area contributed by atoms with Gasteiger partial charge in [-0.05, 0) is 49.1 Å². The summed E-state index contributed by atoms with van der Waals surface area (Å²) >= 11 is 0. The molecule has 0 saturated heterocycles. The van der Waals surface area contributed by atoms with Gasteiger partial charge < -0.3 is 9.84 Å². The Morgan fingerprint density at radius 3 is 2.30 bits per heavy atom. The maximum atomic E-state index is 13.2. The molecule has 27 heavy (non-hydrogen) atoms. The van der Waals surface area contributed by atoms with Gasteiger partial charge in [0.15, 0.2) is 0 Å². The number of hydrogen-bond donors (Lipinski definition) is 1. The molecule has 0 aliphatic heterocycles. The average molecular weight is 391 g/mol. The first kappa shape index (κ1) is 22.2. The van der Waals surface area contributed by atoms with Gasteiger partial charge in [0.05, 0.1) is 19.7 Å². The third-order valence-electron chi connectivity index (χ3n) is 6.76. The van der Waals surface area contributed by atoms with Crippen LogP contribution in [0.1, 0.15) is 64.9 Å². The molecular weight excluding hydrogens is 352 g/mol. The number of carbonyl (C=O) groups excluding carboxylic acids is 1. The highest BCUT2D eigenvalue weighted by atomic mass is 28.3. The Kier molecular flexibility index (Phi) is 7.70. The number of rotatable bonds is 7. The number of benzene rings is 1.